The number of nitrogens with zero attached hydrogens (tertiary/aromatic N) is 6. The molecule has 1 aliphatic rings. The Morgan fingerprint density at radius 2 is 2.06 bits per heavy atom. The summed E-state index contributed by atoms with van der Waals surface area (Å²) in [7, 11) is 2.76. The zero-order valence-electron chi connectivity index (χ0n) is 20.7. The summed E-state index contributed by atoms with van der Waals surface area (Å²) in [5, 5.41) is 10.0. The second-order valence-electron chi connectivity index (χ2n) is 8.81. The zero-order chi connectivity index (χ0) is 26.2. The van der Waals surface area contributed by atoms with Crippen molar-refractivity contribution >= 4 is 22.9 Å². The van der Waals surface area contributed by atoms with E-state index in [1.54, 1.807) is 20.0 Å². The molecule has 0 bridgehead atoms. The van der Waals surface area contributed by atoms with Crippen LogP contribution >= 0.6 is 0 Å². The van der Waals surface area contributed by atoms with Crippen LogP contribution in [0.5, 0.6) is 5.88 Å². The average molecular weight is 507 g/mol. The highest BCUT2D eigenvalue weighted by Gasteiger charge is 2.41. The van der Waals surface area contributed by atoms with E-state index in [-0.39, 0.29) is 19.4 Å². The standard InChI is InChI=1S/C24H29F3N6O3/c1-6-17-16-13-18(28-15(3)21(16)33(30-17)19-9-7-8-11-35-19)20-14(2)29-32(5)22(20)36-12-10-31(4)23(34)24(25,26)27/h6,13,19H,1,7-12H2,2-5H3. The molecule has 0 aliphatic carbocycles. The van der Waals surface area contributed by atoms with E-state index < -0.39 is 12.1 Å². The Hall–Kier alpha value is -3.41. The van der Waals surface area contributed by atoms with Crippen LogP contribution in [-0.2, 0) is 16.6 Å². The molecular formula is C24H29F3N6O3. The summed E-state index contributed by atoms with van der Waals surface area (Å²) in [5.41, 5.74) is 4.14. The second kappa shape index (κ2) is 9.92. The van der Waals surface area contributed by atoms with Crippen molar-refractivity contribution in [3.05, 3.63) is 29.7 Å². The lowest BCUT2D eigenvalue weighted by atomic mass is 10.1. The molecule has 1 atom stereocenters. The molecule has 194 valence electrons. The number of likely N-dealkylation sites (N-methyl/N-ethyl adjacent to an activating group) is 1. The summed E-state index contributed by atoms with van der Waals surface area (Å²) >= 11 is 0. The number of aromatic nitrogens is 5. The summed E-state index contributed by atoms with van der Waals surface area (Å²) in [6.45, 7) is 7.88. The summed E-state index contributed by atoms with van der Waals surface area (Å²) in [6.07, 6.45) is -0.480. The van der Waals surface area contributed by atoms with E-state index in [1.165, 1.54) is 4.68 Å². The van der Waals surface area contributed by atoms with Crippen molar-refractivity contribution in [1.82, 2.24) is 29.4 Å². The SMILES string of the molecule is C=Cc1nn(C2CCCCO2)c2c(C)nc(-c3c(C)nn(C)c3OCCN(C)C(=O)C(F)(F)F)cc12. The van der Waals surface area contributed by atoms with Crippen LogP contribution < -0.4 is 4.74 Å². The number of carbonyl (C=O) groups is 1. The first-order chi connectivity index (χ1) is 17.0. The Kier molecular flexibility index (Phi) is 7.07. The third-order valence-electron chi connectivity index (χ3n) is 6.19. The number of aryl methyl sites for hydroxylation is 3. The van der Waals surface area contributed by atoms with Gasteiger partial charge >= 0.3 is 12.1 Å². The molecule has 1 fully saturated rings. The van der Waals surface area contributed by atoms with Crippen LogP contribution in [0.3, 0.4) is 0 Å². The number of hydrogen-bond acceptors (Lipinski definition) is 6. The van der Waals surface area contributed by atoms with Crippen molar-refractivity contribution in [1.29, 1.82) is 0 Å². The minimum absolute atomic E-state index is 0.152. The lowest BCUT2D eigenvalue weighted by Gasteiger charge is -2.23. The Bertz CT molecular complexity index is 1290. The fourth-order valence-corrected chi connectivity index (χ4v) is 4.47. The summed E-state index contributed by atoms with van der Waals surface area (Å²) < 4.78 is 53.2. The largest absolute Gasteiger partial charge is 0.475 e. The number of halogens is 3. The van der Waals surface area contributed by atoms with Gasteiger partial charge in [0.2, 0.25) is 5.88 Å². The highest BCUT2D eigenvalue weighted by molar-refractivity contribution is 5.92. The molecule has 12 heteroatoms. The lowest BCUT2D eigenvalue weighted by molar-refractivity contribution is -0.184. The number of fused-ring (bicyclic) bond motifs is 1. The van der Waals surface area contributed by atoms with Crippen molar-refractivity contribution < 1.29 is 27.4 Å². The number of carbonyl (C=O) groups excluding carboxylic acids is 1. The maximum Gasteiger partial charge on any atom is 0.471 e. The monoisotopic (exact) mass is 506 g/mol. The number of hydrogen-bond donors (Lipinski definition) is 0. The Morgan fingerprint density at radius 3 is 2.69 bits per heavy atom. The van der Waals surface area contributed by atoms with Crippen LogP contribution in [-0.4, -0.2) is 68.3 Å². The van der Waals surface area contributed by atoms with E-state index >= 15 is 0 Å². The minimum atomic E-state index is -4.93. The van der Waals surface area contributed by atoms with Gasteiger partial charge in [0.25, 0.3) is 0 Å². The van der Waals surface area contributed by atoms with E-state index in [0.29, 0.717) is 40.0 Å². The van der Waals surface area contributed by atoms with E-state index in [1.807, 2.05) is 17.7 Å². The molecule has 0 saturated carbocycles. The zero-order valence-corrected chi connectivity index (χ0v) is 20.7. The van der Waals surface area contributed by atoms with Crippen molar-refractivity contribution in [3.8, 4) is 17.1 Å². The van der Waals surface area contributed by atoms with Crippen molar-refractivity contribution in [3.63, 3.8) is 0 Å². The summed E-state index contributed by atoms with van der Waals surface area (Å²) in [5.74, 6) is -1.58. The van der Waals surface area contributed by atoms with Gasteiger partial charge in [-0.1, -0.05) is 6.58 Å². The number of pyridine rings is 1. The molecule has 0 spiro atoms. The van der Waals surface area contributed by atoms with Gasteiger partial charge in [-0.3, -0.25) is 9.78 Å². The van der Waals surface area contributed by atoms with Gasteiger partial charge in [0.1, 0.15) is 6.61 Å². The van der Waals surface area contributed by atoms with Crippen LogP contribution in [0.15, 0.2) is 12.6 Å². The Morgan fingerprint density at radius 1 is 1.31 bits per heavy atom. The van der Waals surface area contributed by atoms with E-state index in [0.717, 1.165) is 42.9 Å². The van der Waals surface area contributed by atoms with Gasteiger partial charge < -0.3 is 14.4 Å². The number of ether oxygens (including phenoxy) is 2. The normalized spacial score (nSPS) is 16.4. The van der Waals surface area contributed by atoms with Crippen LogP contribution in [0.4, 0.5) is 13.2 Å². The van der Waals surface area contributed by atoms with Gasteiger partial charge in [0.15, 0.2) is 6.23 Å². The molecule has 36 heavy (non-hydrogen) atoms. The van der Waals surface area contributed by atoms with Crippen molar-refractivity contribution in [2.75, 3.05) is 26.8 Å². The van der Waals surface area contributed by atoms with Gasteiger partial charge in [0, 0.05) is 26.1 Å². The molecule has 1 unspecified atom stereocenters. The molecule has 0 N–H and O–H groups in total. The molecule has 0 radical (unpaired) electrons. The van der Waals surface area contributed by atoms with Crippen molar-refractivity contribution in [2.24, 2.45) is 7.05 Å². The van der Waals surface area contributed by atoms with Gasteiger partial charge in [-0.2, -0.15) is 23.4 Å². The molecule has 9 nitrogen and oxygen atoms in total. The van der Waals surface area contributed by atoms with E-state index in [9.17, 15) is 18.0 Å². The quantitative estimate of drug-likeness (QED) is 0.478. The topological polar surface area (TPSA) is 87.3 Å². The predicted molar refractivity (Wildman–Crippen MR) is 127 cm³/mol. The highest BCUT2D eigenvalue weighted by Crippen LogP contribution is 2.36. The Labute approximate surface area is 206 Å². The predicted octanol–water partition coefficient (Wildman–Crippen LogP) is 4.19. The third kappa shape index (κ3) is 4.81. The molecular weight excluding hydrogens is 477 g/mol. The summed E-state index contributed by atoms with van der Waals surface area (Å²) in [6, 6.07) is 1.89. The fraction of sp³-hybridized carbons (Fsp3) is 0.500. The van der Waals surface area contributed by atoms with E-state index in [2.05, 4.69) is 11.7 Å². The third-order valence-corrected chi connectivity index (χ3v) is 6.19. The maximum absolute atomic E-state index is 12.7. The number of amides is 1. The molecule has 1 saturated heterocycles. The number of rotatable bonds is 7. The van der Waals surface area contributed by atoms with Crippen LogP contribution in [0.1, 0.15) is 42.6 Å². The lowest BCUT2D eigenvalue weighted by Crippen LogP contribution is -2.40. The van der Waals surface area contributed by atoms with Crippen LogP contribution in [0.2, 0.25) is 0 Å². The van der Waals surface area contributed by atoms with Gasteiger partial charge in [-0.25, -0.2) is 9.36 Å². The van der Waals surface area contributed by atoms with E-state index in [4.69, 9.17) is 19.6 Å². The smallest absolute Gasteiger partial charge is 0.471 e. The summed E-state index contributed by atoms with van der Waals surface area (Å²) in [4.78, 5) is 16.8. The molecule has 4 heterocycles. The molecule has 4 rings (SSSR count). The van der Waals surface area contributed by atoms with Gasteiger partial charge in [0.05, 0.1) is 40.4 Å². The first-order valence-corrected chi connectivity index (χ1v) is 11.7. The molecule has 1 aliphatic heterocycles. The maximum atomic E-state index is 12.7. The van der Waals surface area contributed by atoms with Gasteiger partial charge in [-0.05, 0) is 45.3 Å². The second-order valence-corrected chi connectivity index (χ2v) is 8.81. The highest BCUT2D eigenvalue weighted by atomic mass is 19.4. The van der Waals surface area contributed by atoms with Crippen LogP contribution in [0.25, 0.3) is 28.2 Å². The molecule has 3 aromatic heterocycles. The fourth-order valence-electron chi connectivity index (χ4n) is 4.47. The first kappa shape index (κ1) is 25.7. The molecule has 0 aromatic carbocycles. The Balaban J connectivity index is 1.67. The van der Waals surface area contributed by atoms with Gasteiger partial charge in [-0.15, -0.1) is 0 Å². The molecule has 3 aromatic rings. The van der Waals surface area contributed by atoms with Crippen LogP contribution in [0, 0.1) is 13.8 Å². The first-order valence-electron chi connectivity index (χ1n) is 11.7. The minimum Gasteiger partial charge on any atom is -0.475 e. The molecule has 1 amide bonds. The number of alkyl halides is 3. The average Bonchev–Trinajstić information content (AvgIpc) is 3.35. The van der Waals surface area contributed by atoms with Crippen molar-refractivity contribution in [2.45, 2.75) is 45.5 Å².